The van der Waals surface area contributed by atoms with E-state index in [2.05, 4.69) is 15.6 Å². The number of fused-ring (bicyclic) bond motifs is 1. The van der Waals surface area contributed by atoms with E-state index in [0.717, 1.165) is 32.1 Å². The second kappa shape index (κ2) is 10.4. The van der Waals surface area contributed by atoms with Gasteiger partial charge in [0.2, 0.25) is 17.8 Å². The number of nitrogens with zero attached hydrogens (tertiary/aromatic N) is 4. The van der Waals surface area contributed by atoms with Crippen LogP contribution in [0.15, 0.2) is 18.3 Å². The summed E-state index contributed by atoms with van der Waals surface area (Å²) in [4.78, 5) is 26.2. The molecule has 12 heteroatoms. The van der Waals surface area contributed by atoms with E-state index in [4.69, 9.17) is 50.5 Å². The first kappa shape index (κ1) is 26.3. The van der Waals surface area contributed by atoms with Gasteiger partial charge in [-0.2, -0.15) is 4.98 Å². The molecule has 0 bridgehead atoms. The Kier molecular flexibility index (Phi) is 7.42. The van der Waals surface area contributed by atoms with Gasteiger partial charge in [-0.1, -0.05) is 41.7 Å². The molecule has 198 valence electrons. The number of carbonyl (C=O) groups is 1. The lowest BCUT2D eigenvalue weighted by atomic mass is 9.73. The summed E-state index contributed by atoms with van der Waals surface area (Å²) in [5.74, 6) is 0.732. The monoisotopic (exact) mass is 565 g/mol. The van der Waals surface area contributed by atoms with Crippen molar-refractivity contribution in [2.45, 2.75) is 76.5 Å². The van der Waals surface area contributed by atoms with Crippen molar-refractivity contribution in [2.75, 3.05) is 10.6 Å². The van der Waals surface area contributed by atoms with Crippen LogP contribution in [0.2, 0.25) is 15.1 Å². The van der Waals surface area contributed by atoms with E-state index in [1.807, 2.05) is 11.5 Å². The number of aromatic nitrogens is 4. The number of amides is 1. The first-order valence-electron chi connectivity index (χ1n) is 12.5. The van der Waals surface area contributed by atoms with Crippen LogP contribution in [-0.4, -0.2) is 42.7 Å². The van der Waals surface area contributed by atoms with E-state index in [1.54, 1.807) is 18.3 Å². The van der Waals surface area contributed by atoms with E-state index < -0.39 is 5.41 Å². The zero-order valence-electron chi connectivity index (χ0n) is 20.5. The summed E-state index contributed by atoms with van der Waals surface area (Å²) in [5.41, 5.74) is 6.92. The third-order valence-corrected chi connectivity index (χ3v) is 8.49. The second-order valence-corrected chi connectivity index (χ2v) is 11.6. The van der Waals surface area contributed by atoms with Crippen molar-refractivity contribution >= 4 is 69.5 Å². The molecule has 2 fully saturated rings. The number of primary amides is 1. The summed E-state index contributed by atoms with van der Waals surface area (Å²) in [6, 6.07) is 3.35. The van der Waals surface area contributed by atoms with E-state index >= 15 is 0 Å². The average molecular weight is 567 g/mol. The van der Waals surface area contributed by atoms with Gasteiger partial charge < -0.3 is 21.5 Å². The number of hydrogen-bond donors (Lipinski definition) is 4. The molecule has 2 heterocycles. The van der Waals surface area contributed by atoms with E-state index in [9.17, 15) is 9.90 Å². The van der Waals surface area contributed by atoms with Crippen LogP contribution in [0.25, 0.3) is 11.2 Å². The van der Waals surface area contributed by atoms with Gasteiger partial charge >= 0.3 is 0 Å². The highest BCUT2D eigenvalue weighted by Gasteiger charge is 2.38. The maximum Gasteiger partial charge on any atom is 0.224 e. The van der Waals surface area contributed by atoms with Gasteiger partial charge in [0.05, 0.1) is 28.0 Å². The number of halogens is 3. The normalized spacial score (nSPS) is 26.2. The van der Waals surface area contributed by atoms with Crippen molar-refractivity contribution in [3.63, 3.8) is 0 Å². The average Bonchev–Trinajstić information content (AvgIpc) is 3.19. The van der Waals surface area contributed by atoms with Gasteiger partial charge in [-0.15, -0.1) is 0 Å². The Morgan fingerprint density at radius 3 is 2.49 bits per heavy atom. The first-order valence-corrected chi connectivity index (χ1v) is 13.7. The predicted octanol–water partition coefficient (Wildman–Crippen LogP) is 5.85. The summed E-state index contributed by atoms with van der Waals surface area (Å²) >= 11 is 19.0. The van der Waals surface area contributed by atoms with Crippen LogP contribution in [0, 0.1) is 5.41 Å². The first-order chi connectivity index (χ1) is 17.6. The molecule has 2 unspecified atom stereocenters. The number of rotatable bonds is 6. The van der Waals surface area contributed by atoms with Crippen LogP contribution in [0.4, 0.5) is 17.6 Å². The van der Waals surface area contributed by atoms with Crippen molar-refractivity contribution < 1.29 is 9.90 Å². The lowest BCUT2D eigenvalue weighted by Crippen LogP contribution is -2.38. The number of hydrogen-bond acceptors (Lipinski definition) is 7. The van der Waals surface area contributed by atoms with Crippen molar-refractivity contribution in [3.8, 4) is 0 Å². The van der Waals surface area contributed by atoms with Crippen LogP contribution in [0.3, 0.4) is 0 Å². The molecule has 0 aliphatic heterocycles. The molecule has 2 aromatic heterocycles. The highest BCUT2D eigenvalue weighted by Crippen LogP contribution is 2.44. The van der Waals surface area contributed by atoms with Crippen LogP contribution >= 0.6 is 34.8 Å². The van der Waals surface area contributed by atoms with Gasteiger partial charge in [0.25, 0.3) is 0 Å². The molecule has 1 amide bonds. The van der Waals surface area contributed by atoms with Crippen molar-refractivity contribution in [3.05, 3.63) is 33.4 Å². The number of aliphatic hydroxyl groups excluding tert-OH is 1. The van der Waals surface area contributed by atoms with E-state index in [-0.39, 0.29) is 24.1 Å². The van der Waals surface area contributed by atoms with Gasteiger partial charge in [-0.3, -0.25) is 9.36 Å². The maximum absolute atomic E-state index is 12.1. The Bertz CT molecular complexity index is 1300. The predicted molar refractivity (Wildman–Crippen MR) is 147 cm³/mol. The Morgan fingerprint density at radius 1 is 1.14 bits per heavy atom. The minimum absolute atomic E-state index is 0.0176. The largest absolute Gasteiger partial charge is 0.393 e. The molecule has 2 aliphatic rings. The summed E-state index contributed by atoms with van der Waals surface area (Å²) in [5, 5.41) is 17.9. The minimum Gasteiger partial charge on any atom is -0.393 e. The lowest BCUT2D eigenvalue weighted by Gasteiger charge is -2.35. The Labute approximate surface area is 230 Å². The molecule has 0 spiro atoms. The fourth-order valence-electron chi connectivity index (χ4n) is 5.39. The number of nitrogens with one attached hydrogen (secondary N) is 2. The molecule has 2 saturated carbocycles. The lowest BCUT2D eigenvalue weighted by molar-refractivity contribution is -0.128. The summed E-state index contributed by atoms with van der Waals surface area (Å²) < 4.78 is 2.04. The molecule has 5 rings (SSSR count). The zero-order valence-corrected chi connectivity index (χ0v) is 22.7. The van der Waals surface area contributed by atoms with E-state index in [1.165, 1.54) is 0 Å². The Balaban J connectivity index is 1.52. The van der Waals surface area contributed by atoms with Gasteiger partial charge in [0.1, 0.15) is 5.52 Å². The number of imidazole rings is 1. The van der Waals surface area contributed by atoms with Crippen LogP contribution in [0.1, 0.15) is 64.3 Å². The molecule has 0 saturated heterocycles. The van der Waals surface area contributed by atoms with Gasteiger partial charge in [0, 0.05) is 22.5 Å². The SMILES string of the molecule is C[C@]1(C(N)=O)CC[C@H](n2c(Nc3c(Cl)cc(Cl)cc3Cl)nc3cnc(NC4CCCC(O)C4)nc32)CC1. The minimum atomic E-state index is -0.535. The highest BCUT2D eigenvalue weighted by molar-refractivity contribution is 6.41. The number of nitrogens with two attached hydrogens (primary N) is 1. The smallest absolute Gasteiger partial charge is 0.224 e. The summed E-state index contributed by atoms with van der Waals surface area (Å²) in [6.07, 6.45) is 7.53. The van der Waals surface area contributed by atoms with Gasteiger partial charge in [-0.25, -0.2) is 9.97 Å². The van der Waals surface area contributed by atoms with Crippen LogP contribution < -0.4 is 16.4 Å². The molecule has 3 aromatic rings. The third-order valence-electron chi connectivity index (χ3n) is 7.67. The second-order valence-electron chi connectivity index (χ2n) is 10.4. The van der Waals surface area contributed by atoms with Crippen LogP contribution in [-0.2, 0) is 4.79 Å². The van der Waals surface area contributed by atoms with Gasteiger partial charge in [0.15, 0.2) is 5.65 Å². The Hall–Kier alpha value is -2.33. The molecule has 0 radical (unpaired) electrons. The molecule has 5 N–H and O–H groups in total. The molecular formula is C25H30Cl3N7O2. The molecular weight excluding hydrogens is 537 g/mol. The number of benzene rings is 1. The maximum atomic E-state index is 12.1. The standard InChI is InChI=1S/C25H30Cl3N7O2/c1-25(22(29)37)7-5-15(6-8-25)35-21-19(12-30-23(34-21)31-14-3-2-4-16(36)11-14)32-24(35)33-20-17(27)9-13(26)10-18(20)28/h9-10,12,14-16,36H,2-8,11H2,1H3,(H2,29,37)(H,32,33)(H,30,31,34)/t14?,15-,16?,25-. The van der Waals surface area contributed by atoms with E-state index in [0.29, 0.717) is 63.1 Å². The zero-order chi connectivity index (χ0) is 26.3. The quantitative estimate of drug-likeness (QED) is 0.294. The fourth-order valence-corrected chi connectivity index (χ4v) is 6.30. The Morgan fingerprint density at radius 2 is 1.84 bits per heavy atom. The number of aliphatic hydroxyl groups is 1. The molecule has 2 atom stereocenters. The van der Waals surface area contributed by atoms with Crippen molar-refractivity contribution in [1.82, 2.24) is 19.5 Å². The fraction of sp³-hybridized carbons (Fsp3) is 0.520. The number of carbonyl (C=O) groups excluding carboxylic acids is 1. The topological polar surface area (TPSA) is 131 Å². The molecule has 37 heavy (non-hydrogen) atoms. The van der Waals surface area contributed by atoms with Crippen molar-refractivity contribution in [1.29, 1.82) is 0 Å². The molecule has 2 aliphatic carbocycles. The summed E-state index contributed by atoms with van der Waals surface area (Å²) in [7, 11) is 0. The van der Waals surface area contributed by atoms with Gasteiger partial charge in [-0.05, 0) is 63.5 Å². The van der Waals surface area contributed by atoms with Crippen LogP contribution in [0.5, 0.6) is 0 Å². The summed E-state index contributed by atoms with van der Waals surface area (Å²) in [6.45, 7) is 1.92. The highest BCUT2D eigenvalue weighted by atomic mass is 35.5. The third kappa shape index (κ3) is 5.46. The number of anilines is 3. The molecule has 1 aromatic carbocycles. The molecule has 9 nitrogen and oxygen atoms in total. The van der Waals surface area contributed by atoms with Crippen molar-refractivity contribution in [2.24, 2.45) is 11.1 Å².